The summed E-state index contributed by atoms with van der Waals surface area (Å²) >= 11 is 0. The van der Waals surface area contributed by atoms with Crippen molar-refractivity contribution in [3.63, 3.8) is 0 Å². The molecule has 5 heteroatoms. The van der Waals surface area contributed by atoms with Crippen LogP contribution in [0.4, 0.5) is 0 Å². The Balaban J connectivity index is 1.87. The molecule has 2 aromatic rings. The molecule has 26 heavy (non-hydrogen) atoms. The van der Waals surface area contributed by atoms with Crippen molar-refractivity contribution in [2.75, 3.05) is 13.7 Å². The number of hydrogen-bond acceptors (Lipinski definition) is 5. The average molecular weight is 348 g/mol. The summed E-state index contributed by atoms with van der Waals surface area (Å²) in [6.45, 7) is 4.28. The molecule has 5 nitrogen and oxygen atoms in total. The fourth-order valence-corrected chi connectivity index (χ4v) is 4.28. The second-order valence-corrected chi connectivity index (χ2v) is 7.04. The Labute approximate surface area is 152 Å². The lowest BCUT2D eigenvalue weighted by Gasteiger charge is -2.27. The molecule has 0 fully saturated rings. The molecular formula is C21H20N2O3. The van der Waals surface area contributed by atoms with E-state index in [0.717, 1.165) is 27.8 Å². The summed E-state index contributed by atoms with van der Waals surface area (Å²) in [5.74, 6) is -0.658. The summed E-state index contributed by atoms with van der Waals surface area (Å²) in [4.78, 5) is 25.7. The van der Waals surface area contributed by atoms with Gasteiger partial charge in [-0.05, 0) is 36.1 Å². The Morgan fingerprint density at radius 3 is 2.62 bits per heavy atom. The van der Waals surface area contributed by atoms with Crippen LogP contribution in [-0.4, -0.2) is 30.9 Å². The van der Waals surface area contributed by atoms with E-state index in [2.05, 4.69) is 10.2 Å². The molecule has 2 unspecified atom stereocenters. The Morgan fingerprint density at radius 2 is 1.88 bits per heavy atom. The number of hydrogen-bond donors (Lipinski definition) is 0. The van der Waals surface area contributed by atoms with Crippen LogP contribution < -0.4 is 0 Å². The van der Waals surface area contributed by atoms with Crippen molar-refractivity contribution in [2.45, 2.75) is 31.7 Å². The maximum Gasteiger partial charge on any atom is 0.338 e. The number of nitrogens with zero attached hydrogens (tertiary/aromatic N) is 2. The highest BCUT2D eigenvalue weighted by Gasteiger charge is 2.55. The van der Waals surface area contributed by atoms with Crippen LogP contribution >= 0.6 is 0 Å². The molecule has 2 aromatic carbocycles. The summed E-state index contributed by atoms with van der Waals surface area (Å²) in [5, 5.41) is 8.69. The number of methoxy groups -OCH3 is 1. The van der Waals surface area contributed by atoms with Crippen LogP contribution in [0.5, 0.6) is 0 Å². The molecule has 2 atom stereocenters. The van der Waals surface area contributed by atoms with Gasteiger partial charge in [-0.1, -0.05) is 36.4 Å². The number of carbonyl (C=O) groups excluding carboxylic acids is 2. The first-order chi connectivity index (χ1) is 12.5. The zero-order chi connectivity index (χ0) is 18.5. The van der Waals surface area contributed by atoms with Crippen LogP contribution in [0.2, 0.25) is 0 Å². The quantitative estimate of drug-likeness (QED) is 0.775. The standard InChI is InChI=1S/C21H20N2O3/c1-12-6-4-8-14-16(12)10-21(19(14)24)17(11-22-23-21)15-9-5-7-13(2)18(15)20(25)26-3/h4-9,17H,10-11H2,1-3H3. The molecule has 132 valence electrons. The first kappa shape index (κ1) is 16.6. The number of ketones is 1. The molecule has 1 aliphatic carbocycles. The van der Waals surface area contributed by atoms with Crippen molar-refractivity contribution in [1.82, 2.24) is 0 Å². The molecule has 0 bridgehead atoms. The predicted molar refractivity (Wildman–Crippen MR) is 96.9 cm³/mol. The van der Waals surface area contributed by atoms with Crippen LogP contribution in [0.3, 0.4) is 0 Å². The topological polar surface area (TPSA) is 68.1 Å². The van der Waals surface area contributed by atoms with Crippen molar-refractivity contribution in [3.8, 4) is 0 Å². The van der Waals surface area contributed by atoms with Gasteiger partial charge in [0.25, 0.3) is 0 Å². The second-order valence-electron chi connectivity index (χ2n) is 7.04. The molecule has 0 radical (unpaired) electrons. The minimum atomic E-state index is -0.953. The number of esters is 1. The van der Waals surface area contributed by atoms with Crippen molar-refractivity contribution < 1.29 is 14.3 Å². The zero-order valence-electron chi connectivity index (χ0n) is 15.1. The number of azo groups is 1. The molecule has 0 aromatic heterocycles. The minimum absolute atomic E-state index is 0.000211. The van der Waals surface area contributed by atoms with Gasteiger partial charge in [0.1, 0.15) is 0 Å². The number of benzene rings is 2. The molecule has 0 amide bonds. The van der Waals surface area contributed by atoms with Gasteiger partial charge in [0.05, 0.1) is 19.2 Å². The summed E-state index contributed by atoms with van der Waals surface area (Å²) < 4.78 is 4.99. The Kier molecular flexibility index (Phi) is 3.75. The first-order valence-corrected chi connectivity index (χ1v) is 8.69. The largest absolute Gasteiger partial charge is 0.465 e. The molecule has 0 saturated heterocycles. The third-order valence-corrected chi connectivity index (χ3v) is 5.65. The van der Waals surface area contributed by atoms with Gasteiger partial charge >= 0.3 is 5.97 Å². The lowest BCUT2D eigenvalue weighted by molar-refractivity contribution is 0.0596. The van der Waals surface area contributed by atoms with Gasteiger partial charge in [0.2, 0.25) is 0 Å². The maximum absolute atomic E-state index is 13.3. The van der Waals surface area contributed by atoms with Crippen LogP contribution in [0, 0.1) is 13.8 Å². The highest BCUT2D eigenvalue weighted by Crippen LogP contribution is 2.48. The second kappa shape index (κ2) is 5.87. The summed E-state index contributed by atoms with van der Waals surface area (Å²) in [5.41, 5.74) is 4.04. The lowest BCUT2D eigenvalue weighted by Crippen LogP contribution is -2.39. The van der Waals surface area contributed by atoms with Gasteiger partial charge in [-0.15, -0.1) is 0 Å². The van der Waals surface area contributed by atoms with E-state index in [1.165, 1.54) is 7.11 Å². The van der Waals surface area contributed by atoms with E-state index in [9.17, 15) is 9.59 Å². The van der Waals surface area contributed by atoms with Crippen LogP contribution in [-0.2, 0) is 11.2 Å². The molecule has 2 aliphatic rings. The fourth-order valence-electron chi connectivity index (χ4n) is 4.28. The van der Waals surface area contributed by atoms with E-state index >= 15 is 0 Å². The van der Waals surface area contributed by atoms with E-state index in [0.29, 0.717) is 18.5 Å². The summed E-state index contributed by atoms with van der Waals surface area (Å²) in [7, 11) is 1.37. The van der Waals surface area contributed by atoms with Gasteiger partial charge in [0.15, 0.2) is 11.3 Å². The smallest absolute Gasteiger partial charge is 0.338 e. The average Bonchev–Trinajstić information content (AvgIpc) is 3.18. The van der Waals surface area contributed by atoms with E-state index < -0.39 is 5.54 Å². The predicted octanol–water partition coefficient (Wildman–Crippen LogP) is 3.82. The lowest BCUT2D eigenvalue weighted by atomic mass is 9.75. The first-order valence-electron chi connectivity index (χ1n) is 8.69. The van der Waals surface area contributed by atoms with E-state index in [4.69, 9.17) is 4.74 Å². The van der Waals surface area contributed by atoms with Gasteiger partial charge in [0, 0.05) is 17.9 Å². The van der Waals surface area contributed by atoms with E-state index in [1.807, 2.05) is 50.2 Å². The van der Waals surface area contributed by atoms with Gasteiger partial charge in [-0.3, -0.25) is 4.79 Å². The van der Waals surface area contributed by atoms with Crippen LogP contribution in [0.1, 0.15) is 48.9 Å². The van der Waals surface area contributed by atoms with Crippen molar-refractivity contribution >= 4 is 11.8 Å². The third kappa shape index (κ3) is 2.16. The molecule has 0 saturated carbocycles. The molecule has 1 spiro atoms. The van der Waals surface area contributed by atoms with Crippen molar-refractivity contribution in [1.29, 1.82) is 0 Å². The number of Topliss-reactive ketones (excluding diaryl/α,β-unsaturated/α-hetero) is 1. The van der Waals surface area contributed by atoms with Gasteiger partial charge < -0.3 is 4.74 Å². The minimum Gasteiger partial charge on any atom is -0.465 e. The Hall–Kier alpha value is -2.82. The van der Waals surface area contributed by atoms with Gasteiger partial charge in [-0.25, -0.2) is 4.79 Å². The Morgan fingerprint density at radius 1 is 1.15 bits per heavy atom. The number of carbonyl (C=O) groups is 2. The molecule has 0 N–H and O–H groups in total. The normalized spacial score (nSPS) is 23.5. The summed E-state index contributed by atoms with van der Waals surface area (Å²) in [6, 6.07) is 11.5. The van der Waals surface area contributed by atoms with Crippen molar-refractivity contribution in [2.24, 2.45) is 10.2 Å². The number of fused-ring (bicyclic) bond motifs is 1. The van der Waals surface area contributed by atoms with Crippen molar-refractivity contribution in [3.05, 3.63) is 69.8 Å². The molecule has 1 heterocycles. The molecular weight excluding hydrogens is 328 g/mol. The molecule has 1 aliphatic heterocycles. The Bertz CT molecular complexity index is 964. The monoisotopic (exact) mass is 348 g/mol. The number of rotatable bonds is 2. The van der Waals surface area contributed by atoms with Gasteiger partial charge in [-0.2, -0.15) is 10.2 Å². The third-order valence-electron chi connectivity index (χ3n) is 5.65. The number of aryl methyl sites for hydroxylation is 2. The van der Waals surface area contributed by atoms with Crippen LogP contribution in [0.15, 0.2) is 46.6 Å². The number of ether oxygens (including phenoxy) is 1. The van der Waals surface area contributed by atoms with E-state index in [1.54, 1.807) is 0 Å². The maximum atomic E-state index is 13.3. The van der Waals surface area contributed by atoms with Crippen LogP contribution in [0.25, 0.3) is 0 Å². The molecule has 4 rings (SSSR count). The van der Waals surface area contributed by atoms with E-state index in [-0.39, 0.29) is 17.7 Å². The highest BCUT2D eigenvalue weighted by atomic mass is 16.5. The SMILES string of the molecule is COC(=O)c1c(C)cccc1C1CN=NC12Cc1c(C)cccc1C2=O. The zero-order valence-corrected chi connectivity index (χ0v) is 15.1. The highest BCUT2D eigenvalue weighted by molar-refractivity contribution is 6.09. The fraction of sp³-hybridized carbons (Fsp3) is 0.333. The summed E-state index contributed by atoms with van der Waals surface area (Å²) in [6.07, 6.45) is 0.524.